The molecule has 0 fully saturated rings. The first kappa shape index (κ1) is 20.5. The van der Waals surface area contributed by atoms with Crippen molar-refractivity contribution in [3.8, 4) is 5.75 Å². The monoisotopic (exact) mass is 436 g/mol. The van der Waals surface area contributed by atoms with Crippen LogP contribution in [0.25, 0.3) is 11.0 Å². The average Bonchev–Trinajstić information content (AvgIpc) is 3.12. The highest BCUT2D eigenvalue weighted by molar-refractivity contribution is 7.99. The molecule has 4 aromatic rings. The molecule has 1 aromatic heterocycles. The van der Waals surface area contributed by atoms with Crippen LogP contribution < -0.4 is 4.74 Å². The summed E-state index contributed by atoms with van der Waals surface area (Å²) in [5, 5.41) is 1.47. The second-order valence-corrected chi connectivity index (χ2v) is 8.17. The molecule has 3 aromatic carbocycles. The Hall–Kier alpha value is -2.76. The molecular formula is C24H21ClN2O2S. The molecule has 0 bridgehead atoms. The molecule has 0 aliphatic carbocycles. The summed E-state index contributed by atoms with van der Waals surface area (Å²) < 4.78 is 7.56. The van der Waals surface area contributed by atoms with Crippen LogP contribution in [-0.4, -0.2) is 21.3 Å². The molecule has 0 aliphatic rings. The van der Waals surface area contributed by atoms with Crippen molar-refractivity contribution in [3.63, 3.8) is 0 Å². The highest BCUT2D eigenvalue weighted by Crippen LogP contribution is 2.27. The Labute approximate surface area is 184 Å². The number of nitrogens with zero attached hydrogens (tertiary/aromatic N) is 2. The van der Waals surface area contributed by atoms with E-state index in [-0.39, 0.29) is 11.7 Å². The van der Waals surface area contributed by atoms with Crippen molar-refractivity contribution in [1.29, 1.82) is 0 Å². The molecule has 4 nitrogen and oxygen atoms in total. The molecule has 152 valence electrons. The van der Waals surface area contributed by atoms with E-state index in [2.05, 4.69) is 11.5 Å². The first-order valence-electron chi connectivity index (χ1n) is 9.75. The number of carbonyl (C=O) groups is 1. The SMILES string of the molecule is CCc1ccc(OC(=O)CSc2nc3ccccc3n2Cc2ccccc2Cl)cc1. The molecule has 0 saturated carbocycles. The van der Waals surface area contributed by atoms with Crippen LogP contribution in [0.1, 0.15) is 18.1 Å². The molecule has 1 heterocycles. The number of aryl methyl sites for hydroxylation is 1. The Morgan fingerprint density at radius 1 is 1.03 bits per heavy atom. The number of esters is 1. The van der Waals surface area contributed by atoms with Crippen LogP contribution in [0.2, 0.25) is 5.02 Å². The number of halogens is 1. The predicted molar refractivity (Wildman–Crippen MR) is 122 cm³/mol. The van der Waals surface area contributed by atoms with Gasteiger partial charge < -0.3 is 9.30 Å². The third-order valence-corrected chi connectivity index (χ3v) is 6.11. The van der Waals surface area contributed by atoms with E-state index in [1.54, 1.807) is 0 Å². The second kappa shape index (κ2) is 9.37. The number of carbonyl (C=O) groups excluding carboxylic acids is 1. The molecule has 0 N–H and O–H groups in total. The highest BCUT2D eigenvalue weighted by Gasteiger charge is 2.15. The molecule has 0 atom stereocenters. The standard InChI is InChI=1S/C24H21ClN2O2S/c1-2-17-11-13-19(14-12-17)29-23(28)16-30-24-26-21-9-5-6-10-22(21)27(24)15-18-7-3-4-8-20(18)25/h3-14H,2,15-16H2,1H3. The fourth-order valence-corrected chi connectivity index (χ4v) is 4.17. The van der Waals surface area contributed by atoms with Crippen LogP contribution >= 0.6 is 23.4 Å². The lowest BCUT2D eigenvalue weighted by atomic mass is 10.2. The summed E-state index contributed by atoms with van der Waals surface area (Å²) in [6.45, 7) is 2.67. The number of thioether (sulfide) groups is 1. The number of para-hydroxylation sites is 2. The Kier molecular flexibility index (Phi) is 6.41. The van der Waals surface area contributed by atoms with Crippen molar-refractivity contribution >= 4 is 40.4 Å². The summed E-state index contributed by atoms with van der Waals surface area (Å²) in [5.41, 5.74) is 4.10. The van der Waals surface area contributed by atoms with Gasteiger partial charge in [0.05, 0.1) is 23.3 Å². The minimum Gasteiger partial charge on any atom is -0.426 e. The Balaban J connectivity index is 1.51. The maximum atomic E-state index is 12.4. The molecule has 4 rings (SSSR count). The molecule has 0 amide bonds. The zero-order valence-corrected chi connectivity index (χ0v) is 18.1. The van der Waals surface area contributed by atoms with Gasteiger partial charge in [-0.05, 0) is 47.9 Å². The molecule has 30 heavy (non-hydrogen) atoms. The number of rotatable bonds is 7. The van der Waals surface area contributed by atoms with Crippen LogP contribution in [-0.2, 0) is 17.8 Å². The van der Waals surface area contributed by atoms with Gasteiger partial charge in [-0.15, -0.1) is 0 Å². The topological polar surface area (TPSA) is 44.1 Å². The minimum absolute atomic E-state index is 0.168. The van der Waals surface area contributed by atoms with Gasteiger partial charge >= 0.3 is 5.97 Å². The van der Waals surface area contributed by atoms with Crippen LogP contribution in [0.4, 0.5) is 0 Å². The smallest absolute Gasteiger partial charge is 0.321 e. The fraction of sp³-hybridized carbons (Fsp3) is 0.167. The van der Waals surface area contributed by atoms with Crippen molar-refractivity contribution < 1.29 is 9.53 Å². The number of aromatic nitrogens is 2. The van der Waals surface area contributed by atoms with Crippen LogP contribution in [0.5, 0.6) is 5.75 Å². The van der Waals surface area contributed by atoms with Gasteiger partial charge in [0.2, 0.25) is 0 Å². The zero-order chi connectivity index (χ0) is 20.9. The molecular weight excluding hydrogens is 416 g/mol. The lowest BCUT2D eigenvalue weighted by molar-refractivity contribution is -0.131. The number of fused-ring (bicyclic) bond motifs is 1. The van der Waals surface area contributed by atoms with E-state index in [1.165, 1.54) is 17.3 Å². The van der Waals surface area contributed by atoms with E-state index in [4.69, 9.17) is 21.3 Å². The Bertz CT molecular complexity index is 1170. The third kappa shape index (κ3) is 4.69. The lowest BCUT2D eigenvalue weighted by Gasteiger charge is -2.10. The normalized spacial score (nSPS) is 11.0. The van der Waals surface area contributed by atoms with Crippen LogP contribution in [0.15, 0.2) is 78.0 Å². The van der Waals surface area contributed by atoms with Crippen molar-refractivity contribution in [2.24, 2.45) is 0 Å². The molecule has 6 heteroatoms. The zero-order valence-electron chi connectivity index (χ0n) is 16.5. The van der Waals surface area contributed by atoms with Gasteiger partial charge in [0, 0.05) is 5.02 Å². The lowest BCUT2D eigenvalue weighted by Crippen LogP contribution is -2.12. The van der Waals surface area contributed by atoms with Gasteiger partial charge in [-0.1, -0.05) is 72.8 Å². The molecule has 0 spiro atoms. The number of benzene rings is 3. The molecule has 0 radical (unpaired) electrons. The quantitative estimate of drug-likeness (QED) is 0.202. The minimum atomic E-state index is -0.305. The molecule has 0 unspecified atom stereocenters. The van der Waals surface area contributed by atoms with Gasteiger partial charge in [-0.3, -0.25) is 4.79 Å². The summed E-state index contributed by atoms with van der Waals surface area (Å²) in [5.74, 6) is 0.421. The first-order valence-corrected chi connectivity index (χ1v) is 11.1. The maximum absolute atomic E-state index is 12.4. The van der Waals surface area contributed by atoms with E-state index < -0.39 is 0 Å². The average molecular weight is 437 g/mol. The summed E-state index contributed by atoms with van der Waals surface area (Å²) in [7, 11) is 0. The van der Waals surface area contributed by atoms with Gasteiger partial charge in [0.1, 0.15) is 5.75 Å². The number of hydrogen-bond acceptors (Lipinski definition) is 4. The molecule has 0 saturated heterocycles. The summed E-state index contributed by atoms with van der Waals surface area (Å²) in [6.07, 6.45) is 0.950. The van der Waals surface area contributed by atoms with Crippen molar-refractivity contribution in [3.05, 3.63) is 88.9 Å². The maximum Gasteiger partial charge on any atom is 0.321 e. The van der Waals surface area contributed by atoms with E-state index >= 15 is 0 Å². The Morgan fingerprint density at radius 2 is 1.77 bits per heavy atom. The Morgan fingerprint density at radius 3 is 2.53 bits per heavy atom. The third-order valence-electron chi connectivity index (χ3n) is 4.79. The van der Waals surface area contributed by atoms with E-state index in [1.807, 2.05) is 72.8 Å². The van der Waals surface area contributed by atoms with E-state index in [0.29, 0.717) is 17.3 Å². The van der Waals surface area contributed by atoms with E-state index in [9.17, 15) is 4.79 Å². The molecule has 0 aliphatic heterocycles. The van der Waals surface area contributed by atoms with Crippen molar-refractivity contribution in [2.45, 2.75) is 25.0 Å². The first-order chi connectivity index (χ1) is 14.6. The number of imidazole rings is 1. The largest absolute Gasteiger partial charge is 0.426 e. The summed E-state index contributed by atoms with van der Waals surface area (Å²) >= 11 is 7.74. The van der Waals surface area contributed by atoms with Gasteiger partial charge in [0.25, 0.3) is 0 Å². The highest BCUT2D eigenvalue weighted by atomic mass is 35.5. The summed E-state index contributed by atoms with van der Waals surface area (Å²) in [4.78, 5) is 17.1. The number of hydrogen-bond donors (Lipinski definition) is 0. The number of ether oxygens (including phenoxy) is 1. The second-order valence-electron chi connectivity index (χ2n) is 6.82. The van der Waals surface area contributed by atoms with Crippen molar-refractivity contribution in [1.82, 2.24) is 9.55 Å². The van der Waals surface area contributed by atoms with Gasteiger partial charge in [-0.25, -0.2) is 4.98 Å². The predicted octanol–water partition coefficient (Wildman–Crippen LogP) is 6.00. The van der Waals surface area contributed by atoms with Crippen LogP contribution in [0, 0.1) is 0 Å². The van der Waals surface area contributed by atoms with Gasteiger partial charge in [0.15, 0.2) is 5.16 Å². The van der Waals surface area contributed by atoms with Gasteiger partial charge in [-0.2, -0.15) is 0 Å². The van der Waals surface area contributed by atoms with Crippen LogP contribution in [0.3, 0.4) is 0 Å². The summed E-state index contributed by atoms with van der Waals surface area (Å²) in [6, 6.07) is 23.3. The van der Waals surface area contributed by atoms with Crippen molar-refractivity contribution in [2.75, 3.05) is 5.75 Å². The van der Waals surface area contributed by atoms with E-state index in [0.717, 1.165) is 28.2 Å². The fourth-order valence-electron chi connectivity index (χ4n) is 3.19.